The zero-order valence-electron chi connectivity index (χ0n) is 10.5. The maximum atomic E-state index is 9.66. The predicted octanol–water partition coefficient (Wildman–Crippen LogP) is 2.45. The minimum absolute atomic E-state index is 0.192. The summed E-state index contributed by atoms with van der Waals surface area (Å²) in [5.74, 6) is 0.192. The number of rotatable bonds is 1. The van der Waals surface area contributed by atoms with Crippen molar-refractivity contribution in [2.45, 2.75) is 38.9 Å². The van der Waals surface area contributed by atoms with Crippen molar-refractivity contribution in [3.8, 4) is 5.75 Å². The van der Waals surface area contributed by atoms with E-state index in [2.05, 4.69) is 15.9 Å². The SMILES string of the molecule is CC1(C)OB(c2ccc(Br)c(O)c2)OC1(C)C. The number of phenols is 1. The summed E-state index contributed by atoms with van der Waals surface area (Å²) in [6.07, 6.45) is 0. The smallest absolute Gasteiger partial charge is 0.494 e. The van der Waals surface area contributed by atoms with Crippen LogP contribution >= 0.6 is 15.9 Å². The number of benzene rings is 1. The van der Waals surface area contributed by atoms with Gasteiger partial charge in [0.1, 0.15) is 5.75 Å². The fourth-order valence-corrected chi connectivity index (χ4v) is 1.90. The summed E-state index contributed by atoms with van der Waals surface area (Å²) in [6, 6.07) is 5.33. The molecule has 1 aliphatic rings. The first kappa shape index (κ1) is 12.9. The molecule has 0 radical (unpaired) electrons. The minimum Gasteiger partial charge on any atom is -0.507 e. The first-order valence-electron chi connectivity index (χ1n) is 5.57. The highest BCUT2D eigenvalue weighted by molar-refractivity contribution is 9.10. The van der Waals surface area contributed by atoms with Gasteiger partial charge in [-0.2, -0.15) is 0 Å². The van der Waals surface area contributed by atoms with Gasteiger partial charge in [-0.05, 0) is 61.2 Å². The van der Waals surface area contributed by atoms with Gasteiger partial charge in [-0.1, -0.05) is 6.07 Å². The lowest BCUT2D eigenvalue weighted by Crippen LogP contribution is -2.41. The molecule has 1 heterocycles. The highest BCUT2D eigenvalue weighted by atomic mass is 79.9. The van der Waals surface area contributed by atoms with Crippen molar-refractivity contribution >= 4 is 28.5 Å². The van der Waals surface area contributed by atoms with E-state index in [1.54, 1.807) is 12.1 Å². The van der Waals surface area contributed by atoms with Crippen LogP contribution in [0.15, 0.2) is 22.7 Å². The number of halogens is 1. The van der Waals surface area contributed by atoms with Gasteiger partial charge in [-0.25, -0.2) is 0 Å². The van der Waals surface area contributed by atoms with Crippen molar-refractivity contribution in [2.24, 2.45) is 0 Å². The Morgan fingerprint density at radius 3 is 2.12 bits per heavy atom. The monoisotopic (exact) mass is 298 g/mol. The van der Waals surface area contributed by atoms with Crippen molar-refractivity contribution in [1.82, 2.24) is 0 Å². The molecule has 0 aliphatic carbocycles. The zero-order chi connectivity index (χ0) is 12.8. The van der Waals surface area contributed by atoms with Crippen LogP contribution in [0.3, 0.4) is 0 Å². The summed E-state index contributed by atoms with van der Waals surface area (Å²) in [4.78, 5) is 0. The van der Waals surface area contributed by atoms with E-state index in [4.69, 9.17) is 9.31 Å². The molecule has 0 amide bonds. The highest BCUT2D eigenvalue weighted by Crippen LogP contribution is 2.36. The van der Waals surface area contributed by atoms with Crippen molar-refractivity contribution in [2.75, 3.05) is 0 Å². The standard InChI is InChI=1S/C12H16BBrO3/c1-11(2)12(3,4)17-13(16-11)8-5-6-9(14)10(15)7-8/h5-7,15H,1-4H3. The quantitative estimate of drug-likeness (QED) is 0.810. The lowest BCUT2D eigenvalue weighted by Gasteiger charge is -2.32. The minimum atomic E-state index is -0.431. The van der Waals surface area contributed by atoms with Gasteiger partial charge in [0.15, 0.2) is 0 Å². The molecule has 0 unspecified atom stereocenters. The Morgan fingerprint density at radius 2 is 1.65 bits per heavy atom. The molecule has 1 N–H and O–H groups in total. The van der Waals surface area contributed by atoms with Gasteiger partial charge in [0, 0.05) is 0 Å². The molecule has 0 spiro atoms. The molecule has 3 nitrogen and oxygen atoms in total. The van der Waals surface area contributed by atoms with E-state index in [1.807, 2.05) is 33.8 Å². The Balaban J connectivity index is 2.29. The van der Waals surface area contributed by atoms with E-state index in [-0.39, 0.29) is 17.0 Å². The van der Waals surface area contributed by atoms with Gasteiger partial charge in [0.05, 0.1) is 15.7 Å². The summed E-state index contributed by atoms with van der Waals surface area (Å²) in [5.41, 5.74) is 0.102. The Hall–Kier alpha value is -0.515. The van der Waals surface area contributed by atoms with Crippen LogP contribution in [0.1, 0.15) is 27.7 Å². The second kappa shape index (κ2) is 4.00. The molecular formula is C12H16BBrO3. The van der Waals surface area contributed by atoms with Crippen LogP contribution in [0.4, 0.5) is 0 Å². The average Bonchev–Trinajstić information content (AvgIpc) is 2.41. The Bertz CT molecular complexity index is 429. The molecule has 0 atom stereocenters. The lowest BCUT2D eigenvalue weighted by atomic mass is 9.79. The van der Waals surface area contributed by atoms with E-state index in [0.717, 1.165) is 5.46 Å². The van der Waals surface area contributed by atoms with Crippen LogP contribution in [0.5, 0.6) is 5.75 Å². The summed E-state index contributed by atoms with van der Waals surface area (Å²) in [7, 11) is -0.431. The maximum Gasteiger partial charge on any atom is 0.494 e. The molecule has 92 valence electrons. The second-order valence-corrected chi connectivity index (χ2v) is 6.15. The van der Waals surface area contributed by atoms with Crippen LogP contribution in [-0.2, 0) is 9.31 Å². The Morgan fingerprint density at radius 1 is 1.12 bits per heavy atom. The van der Waals surface area contributed by atoms with Crippen molar-refractivity contribution < 1.29 is 14.4 Å². The van der Waals surface area contributed by atoms with Crippen molar-refractivity contribution in [3.05, 3.63) is 22.7 Å². The number of hydrogen-bond donors (Lipinski definition) is 1. The van der Waals surface area contributed by atoms with Crippen LogP contribution in [0, 0.1) is 0 Å². The number of aromatic hydroxyl groups is 1. The zero-order valence-corrected chi connectivity index (χ0v) is 12.0. The summed E-state index contributed by atoms with van der Waals surface area (Å²) in [5, 5.41) is 9.66. The number of phenolic OH excluding ortho intramolecular Hbond substituents is 1. The molecule has 0 bridgehead atoms. The van der Waals surface area contributed by atoms with Gasteiger partial charge in [-0.15, -0.1) is 0 Å². The third-order valence-electron chi connectivity index (χ3n) is 3.50. The van der Waals surface area contributed by atoms with Gasteiger partial charge in [-0.3, -0.25) is 0 Å². The van der Waals surface area contributed by atoms with E-state index >= 15 is 0 Å². The van der Waals surface area contributed by atoms with Crippen LogP contribution < -0.4 is 5.46 Å². The van der Waals surface area contributed by atoms with Gasteiger partial charge in [0.2, 0.25) is 0 Å². The third kappa shape index (κ3) is 2.24. The molecule has 1 aliphatic heterocycles. The van der Waals surface area contributed by atoms with Crippen molar-refractivity contribution in [3.63, 3.8) is 0 Å². The summed E-state index contributed by atoms with van der Waals surface area (Å²) in [6.45, 7) is 8.02. The molecular weight excluding hydrogens is 283 g/mol. The molecule has 0 aromatic heterocycles. The molecule has 5 heteroatoms. The first-order chi connectivity index (χ1) is 7.73. The average molecular weight is 299 g/mol. The Labute approximate surface area is 110 Å². The van der Waals surface area contributed by atoms with Gasteiger partial charge in [0.25, 0.3) is 0 Å². The molecule has 1 fully saturated rings. The number of hydrogen-bond acceptors (Lipinski definition) is 3. The van der Waals surface area contributed by atoms with Crippen molar-refractivity contribution in [1.29, 1.82) is 0 Å². The topological polar surface area (TPSA) is 38.7 Å². The fraction of sp³-hybridized carbons (Fsp3) is 0.500. The third-order valence-corrected chi connectivity index (χ3v) is 4.17. The van der Waals surface area contributed by atoms with Gasteiger partial charge < -0.3 is 14.4 Å². The van der Waals surface area contributed by atoms with E-state index in [0.29, 0.717) is 4.47 Å². The van der Waals surface area contributed by atoms with E-state index in [9.17, 15) is 5.11 Å². The van der Waals surface area contributed by atoms with E-state index in [1.165, 1.54) is 0 Å². The van der Waals surface area contributed by atoms with Gasteiger partial charge >= 0.3 is 7.12 Å². The molecule has 1 aromatic carbocycles. The van der Waals surface area contributed by atoms with Crippen LogP contribution in [0.2, 0.25) is 0 Å². The normalized spacial score (nSPS) is 21.8. The lowest BCUT2D eigenvalue weighted by molar-refractivity contribution is 0.00578. The first-order valence-corrected chi connectivity index (χ1v) is 6.36. The fourth-order valence-electron chi connectivity index (χ4n) is 1.66. The summed E-state index contributed by atoms with van der Waals surface area (Å²) < 4.78 is 12.5. The van der Waals surface area contributed by atoms with Crippen LogP contribution in [-0.4, -0.2) is 23.4 Å². The predicted molar refractivity (Wildman–Crippen MR) is 71.5 cm³/mol. The molecule has 0 saturated carbocycles. The summed E-state index contributed by atoms with van der Waals surface area (Å²) >= 11 is 3.25. The highest BCUT2D eigenvalue weighted by Gasteiger charge is 2.51. The second-order valence-electron chi connectivity index (χ2n) is 5.30. The molecule has 1 saturated heterocycles. The molecule has 1 aromatic rings. The molecule has 2 rings (SSSR count). The van der Waals surface area contributed by atoms with Crippen LogP contribution in [0.25, 0.3) is 0 Å². The Kier molecular flexibility index (Phi) is 3.05. The largest absolute Gasteiger partial charge is 0.507 e. The molecule has 17 heavy (non-hydrogen) atoms. The van der Waals surface area contributed by atoms with E-state index < -0.39 is 7.12 Å². The maximum absolute atomic E-state index is 9.66.